The van der Waals surface area contributed by atoms with Gasteiger partial charge in [-0.1, -0.05) is 19.9 Å². The van der Waals surface area contributed by atoms with Crippen LogP contribution in [0.3, 0.4) is 0 Å². The molecule has 0 aliphatic heterocycles. The normalized spacial score (nSPS) is 15.4. The van der Waals surface area contributed by atoms with Gasteiger partial charge in [0.2, 0.25) is 0 Å². The molecule has 2 heterocycles. The number of rotatable bonds is 9. The number of hydrogen-bond acceptors (Lipinski definition) is 4. The van der Waals surface area contributed by atoms with Crippen molar-refractivity contribution in [3.05, 3.63) is 59.5 Å². The van der Waals surface area contributed by atoms with Crippen LogP contribution in [0.1, 0.15) is 74.7 Å². The number of hydrogen-bond donors (Lipinski definition) is 1. The minimum absolute atomic E-state index is 0.0498. The molecule has 1 atom stereocenters. The van der Waals surface area contributed by atoms with E-state index in [1.807, 2.05) is 42.9 Å². The molecule has 0 saturated heterocycles. The molecule has 0 spiro atoms. The lowest BCUT2D eigenvalue weighted by Crippen LogP contribution is -2.31. The zero-order valence-corrected chi connectivity index (χ0v) is 18.6. The Hall–Kier alpha value is -3.34. The van der Waals surface area contributed by atoms with Crippen LogP contribution >= 0.6 is 0 Å². The van der Waals surface area contributed by atoms with Crippen LogP contribution in [0.15, 0.2) is 42.7 Å². The van der Waals surface area contributed by atoms with Crippen molar-refractivity contribution in [2.75, 3.05) is 0 Å². The number of halogens is 2. The Kier molecular flexibility index (Phi) is 5.91. The number of carboxylic acids is 1. The smallest absolute Gasteiger partial charge is 0.374 e. The quantitative estimate of drug-likeness (QED) is 0.451. The molecule has 1 saturated carbocycles. The number of nitriles is 1. The number of pyridine rings is 1. The van der Waals surface area contributed by atoms with E-state index in [9.17, 15) is 18.8 Å². The van der Waals surface area contributed by atoms with Crippen LogP contribution in [0.25, 0.3) is 10.9 Å². The van der Waals surface area contributed by atoms with Crippen LogP contribution in [0.5, 0.6) is 0 Å². The predicted octanol–water partition coefficient (Wildman–Crippen LogP) is 5.69. The number of benzene rings is 1. The Morgan fingerprint density at radius 1 is 1.24 bits per heavy atom. The number of alkyl halides is 2. The summed E-state index contributed by atoms with van der Waals surface area (Å²) in [6.45, 7) is 3.95. The standard InChI is InChI=1S/C25H26F2N4O2/c1-24(2,10-3-11-25(26,27)23(32)33)22(18-7-8-20(29-14-18)17-5-6-17)31-21-9-4-16(13-28)12-19(21)15-30-31/h4,7-9,12,14-15,17,22H,3,5-6,10-11H2,1-2H3,(H,32,33)/t22-/m1/s1. The van der Waals surface area contributed by atoms with Crippen LogP contribution in [-0.4, -0.2) is 31.8 Å². The molecule has 33 heavy (non-hydrogen) atoms. The van der Waals surface area contributed by atoms with Crippen molar-refractivity contribution in [2.45, 2.75) is 63.8 Å². The molecule has 0 radical (unpaired) electrons. The molecule has 6 nitrogen and oxygen atoms in total. The van der Waals surface area contributed by atoms with E-state index in [0.29, 0.717) is 17.9 Å². The summed E-state index contributed by atoms with van der Waals surface area (Å²) < 4.78 is 29.2. The summed E-state index contributed by atoms with van der Waals surface area (Å²) in [4.78, 5) is 15.5. The highest BCUT2D eigenvalue weighted by Gasteiger charge is 2.40. The van der Waals surface area contributed by atoms with Crippen LogP contribution in [0, 0.1) is 16.7 Å². The van der Waals surface area contributed by atoms with Crippen LogP contribution < -0.4 is 0 Å². The lowest BCUT2D eigenvalue weighted by atomic mass is 9.76. The number of aliphatic carboxylic acids is 1. The first-order valence-corrected chi connectivity index (χ1v) is 11.1. The van der Waals surface area contributed by atoms with E-state index in [2.05, 4.69) is 16.2 Å². The fraction of sp³-hybridized carbons (Fsp3) is 0.440. The van der Waals surface area contributed by atoms with E-state index < -0.39 is 23.7 Å². The van der Waals surface area contributed by atoms with Gasteiger partial charge in [0.25, 0.3) is 0 Å². The summed E-state index contributed by atoms with van der Waals surface area (Å²) in [6, 6.07) is 11.2. The van der Waals surface area contributed by atoms with Crippen LogP contribution in [-0.2, 0) is 4.79 Å². The number of nitrogens with zero attached hydrogens (tertiary/aromatic N) is 4. The first kappa shape index (κ1) is 22.8. The average molecular weight is 453 g/mol. The number of carboxylic acid groups (broad SMARTS) is 1. The summed E-state index contributed by atoms with van der Waals surface area (Å²) in [7, 11) is 0. The van der Waals surface area contributed by atoms with Crippen LogP contribution in [0.2, 0.25) is 0 Å². The molecule has 1 aliphatic rings. The summed E-state index contributed by atoms with van der Waals surface area (Å²) in [5, 5.41) is 23.4. The summed E-state index contributed by atoms with van der Waals surface area (Å²) in [5.74, 6) is -5.33. The number of carbonyl (C=O) groups is 1. The predicted molar refractivity (Wildman–Crippen MR) is 119 cm³/mol. The Labute approximate surface area is 190 Å². The van der Waals surface area contributed by atoms with Gasteiger partial charge in [0.1, 0.15) is 0 Å². The molecule has 1 N–H and O–H groups in total. The topological polar surface area (TPSA) is 91.8 Å². The summed E-state index contributed by atoms with van der Waals surface area (Å²) >= 11 is 0. The van der Waals surface area contributed by atoms with Crippen molar-refractivity contribution < 1.29 is 18.7 Å². The summed E-state index contributed by atoms with van der Waals surface area (Å²) in [6.07, 6.45) is 5.51. The lowest BCUT2D eigenvalue weighted by Gasteiger charge is -2.35. The average Bonchev–Trinajstić information content (AvgIpc) is 3.54. The molecular weight excluding hydrogens is 426 g/mol. The highest BCUT2D eigenvalue weighted by Crippen LogP contribution is 2.44. The van der Waals surface area contributed by atoms with Gasteiger partial charge in [-0.15, -0.1) is 0 Å². The van der Waals surface area contributed by atoms with Gasteiger partial charge < -0.3 is 5.11 Å². The van der Waals surface area contributed by atoms with Crippen molar-refractivity contribution in [3.8, 4) is 6.07 Å². The maximum Gasteiger partial charge on any atom is 0.374 e. The van der Waals surface area contributed by atoms with Gasteiger partial charge in [-0.2, -0.15) is 19.1 Å². The van der Waals surface area contributed by atoms with E-state index in [1.54, 1.807) is 18.3 Å². The molecule has 3 aromatic rings. The first-order chi connectivity index (χ1) is 15.6. The minimum atomic E-state index is -3.74. The third-order valence-electron chi connectivity index (χ3n) is 6.45. The minimum Gasteiger partial charge on any atom is -0.477 e. The van der Waals surface area contributed by atoms with Crippen molar-refractivity contribution in [3.63, 3.8) is 0 Å². The maximum absolute atomic E-state index is 13.7. The van der Waals surface area contributed by atoms with E-state index in [0.717, 1.165) is 35.0 Å². The maximum atomic E-state index is 13.7. The van der Waals surface area contributed by atoms with Crippen LogP contribution in [0.4, 0.5) is 8.78 Å². The third kappa shape index (κ3) is 4.72. The Bertz CT molecular complexity index is 1210. The van der Waals surface area contributed by atoms with Gasteiger partial charge in [-0.25, -0.2) is 4.79 Å². The van der Waals surface area contributed by atoms with E-state index >= 15 is 0 Å². The molecule has 1 aromatic carbocycles. The lowest BCUT2D eigenvalue weighted by molar-refractivity contribution is -0.166. The second-order valence-electron chi connectivity index (χ2n) is 9.52. The zero-order chi connectivity index (χ0) is 23.8. The number of aromatic nitrogens is 3. The van der Waals surface area contributed by atoms with Crippen molar-refractivity contribution in [2.24, 2.45) is 5.41 Å². The van der Waals surface area contributed by atoms with E-state index in [1.165, 1.54) is 0 Å². The molecule has 2 aromatic heterocycles. The van der Waals surface area contributed by atoms with Crippen molar-refractivity contribution in [1.82, 2.24) is 14.8 Å². The van der Waals surface area contributed by atoms with Crippen molar-refractivity contribution >= 4 is 16.9 Å². The van der Waals surface area contributed by atoms with Crippen molar-refractivity contribution in [1.29, 1.82) is 5.26 Å². The molecule has 8 heteroatoms. The highest BCUT2D eigenvalue weighted by molar-refractivity contribution is 5.80. The summed E-state index contributed by atoms with van der Waals surface area (Å²) in [5.41, 5.74) is 2.78. The zero-order valence-electron chi connectivity index (χ0n) is 18.6. The Morgan fingerprint density at radius 2 is 2.00 bits per heavy atom. The monoisotopic (exact) mass is 452 g/mol. The van der Waals surface area contributed by atoms with Gasteiger partial charge in [-0.05, 0) is 60.9 Å². The highest BCUT2D eigenvalue weighted by atomic mass is 19.3. The second kappa shape index (κ2) is 8.54. The molecule has 0 unspecified atom stereocenters. The fourth-order valence-electron chi connectivity index (χ4n) is 4.46. The molecule has 0 bridgehead atoms. The third-order valence-corrected chi connectivity index (χ3v) is 6.45. The SMILES string of the molecule is CC(C)(CCCC(F)(F)C(=O)O)[C@@H](c1ccc(C2CC2)nc1)n1ncc2cc(C#N)ccc21. The van der Waals surface area contributed by atoms with Gasteiger partial charge >= 0.3 is 11.9 Å². The largest absolute Gasteiger partial charge is 0.477 e. The van der Waals surface area contributed by atoms with Gasteiger partial charge in [0.05, 0.1) is 29.4 Å². The Balaban J connectivity index is 1.69. The van der Waals surface area contributed by atoms with E-state index in [-0.39, 0.29) is 12.5 Å². The molecule has 1 fully saturated rings. The Morgan fingerprint density at radius 3 is 2.61 bits per heavy atom. The number of fused-ring (bicyclic) bond motifs is 1. The fourth-order valence-corrected chi connectivity index (χ4v) is 4.46. The van der Waals surface area contributed by atoms with Gasteiger partial charge in [-0.3, -0.25) is 9.67 Å². The molecule has 172 valence electrons. The van der Waals surface area contributed by atoms with Gasteiger partial charge in [0, 0.05) is 29.6 Å². The first-order valence-electron chi connectivity index (χ1n) is 11.1. The second-order valence-corrected chi connectivity index (χ2v) is 9.52. The molecular formula is C25H26F2N4O2. The molecule has 4 rings (SSSR count). The van der Waals surface area contributed by atoms with E-state index in [4.69, 9.17) is 5.11 Å². The molecule has 0 amide bonds. The molecule has 1 aliphatic carbocycles. The van der Waals surface area contributed by atoms with Gasteiger partial charge in [0.15, 0.2) is 0 Å².